The average molecular weight is 341 g/mol. The maximum absolute atomic E-state index is 13.1. The Morgan fingerprint density at radius 2 is 1.92 bits per heavy atom. The van der Waals surface area contributed by atoms with Gasteiger partial charge in [0.2, 0.25) is 5.89 Å². The minimum Gasteiger partial charge on any atom is -0.354 e. The Bertz CT molecular complexity index is 694. The molecule has 0 amide bonds. The number of anilines is 1. The molecule has 0 aliphatic carbocycles. The van der Waals surface area contributed by atoms with Crippen molar-refractivity contribution in [3.63, 3.8) is 0 Å². The highest BCUT2D eigenvalue weighted by atomic mass is 19.4. The highest BCUT2D eigenvalue weighted by molar-refractivity contribution is 5.48. The molecule has 0 saturated carbocycles. The molecule has 1 unspecified atom stereocenters. The zero-order valence-corrected chi connectivity index (χ0v) is 13.4. The second-order valence-electron chi connectivity index (χ2n) is 5.75. The highest BCUT2D eigenvalue weighted by Gasteiger charge is 2.36. The van der Waals surface area contributed by atoms with Gasteiger partial charge >= 0.3 is 6.18 Å². The molecule has 2 aromatic heterocycles. The van der Waals surface area contributed by atoms with E-state index in [1.54, 1.807) is 11.8 Å². The quantitative estimate of drug-likeness (QED) is 0.855. The van der Waals surface area contributed by atoms with E-state index in [0.717, 1.165) is 6.07 Å². The van der Waals surface area contributed by atoms with Gasteiger partial charge in [0.05, 0.1) is 11.6 Å². The van der Waals surface area contributed by atoms with Crippen LogP contribution in [0.2, 0.25) is 0 Å². The van der Waals surface area contributed by atoms with Crippen LogP contribution in [0.15, 0.2) is 22.9 Å². The summed E-state index contributed by atoms with van der Waals surface area (Å²) in [6, 6.07) is 2.31. The summed E-state index contributed by atoms with van der Waals surface area (Å²) in [5.74, 6) is 1.08. The first-order valence-electron chi connectivity index (χ1n) is 7.67. The van der Waals surface area contributed by atoms with Crippen molar-refractivity contribution in [1.82, 2.24) is 20.0 Å². The first-order valence-corrected chi connectivity index (χ1v) is 7.67. The number of pyridine rings is 1. The molecule has 0 spiro atoms. The van der Waals surface area contributed by atoms with E-state index in [1.807, 2.05) is 6.92 Å². The van der Waals surface area contributed by atoms with Gasteiger partial charge in [0, 0.05) is 32.4 Å². The van der Waals surface area contributed by atoms with Gasteiger partial charge in [-0.3, -0.25) is 4.90 Å². The summed E-state index contributed by atoms with van der Waals surface area (Å²) in [6.07, 6.45) is -3.02. The fourth-order valence-electron chi connectivity index (χ4n) is 2.83. The molecule has 6 nitrogen and oxygen atoms in total. The van der Waals surface area contributed by atoms with E-state index in [2.05, 4.69) is 20.0 Å². The number of nitrogens with zero attached hydrogens (tertiary/aromatic N) is 5. The Morgan fingerprint density at radius 1 is 1.21 bits per heavy atom. The zero-order valence-electron chi connectivity index (χ0n) is 13.4. The van der Waals surface area contributed by atoms with Crippen molar-refractivity contribution in [1.29, 1.82) is 0 Å². The second kappa shape index (κ2) is 6.39. The third-order valence-electron chi connectivity index (χ3n) is 4.15. The number of piperazine rings is 1. The van der Waals surface area contributed by atoms with Gasteiger partial charge in [-0.2, -0.15) is 18.2 Å². The van der Waals surface area contributed by atoms with E-state index in [0.29, 0.717) is 37.9 Å². The van der Waals surface area contributed by atoms with Crippen LogP contribution in [0.4, 0.5) is 19.0 Å². The minimum atomic E-state index is -4.41. The van der Waals surface area contributed by atoms with Crippen molar-refractivity contribution >= 4 is 5.82 Å². The molecule has 1 aliphatic rings. The smallest absolute Gasteiger partial charge is 0.354 e. The van der Waals surface area contributed by atoms with Crippen molar-refractivity contribution < 1.29 is 17.7 Å². The number of aromatic nitrogens is 3. The van der Waals surface area contributed by atoms with Crippen LogP contribution in [0.25, 0.3) is 0 Å². The molecule has 1 atom stereocenters. The van der Waals surface area contributed by atoms with Crippen LogP contribution in [0.3, 0.4) is 0 Å². The lowest BCUT2D eigenvalue weighted by Crippen LogP contribution is -2.48. The van der Waals surface area contributed by atoms with Crippen LogP contribution in [-0.2, 0) is 6.18 Å². The van der Waals surface area contributed by atoms with E-state index in [4.69, 9.17) is 4.52 Å². The zero-order chi connectivity index (χ0) is 17.3. The molecule has 1 saturated heterocycles. The van der Waals surface area contributed by atoms with Gasteiger partial charge in [-0.05, 0) is 26.0 Å². The first-order chi connectivity index (χ1) is 11.4. The lowest BCUT2D eigenvalue weighted by Gasteiger charge is -2.38. The number of rotatable bonds is 3. The van der Waals surface area contributed by atoms with Gasteiger partial charge in [0.15, 0.2) is 5.82 Å². The summed E-state index contributed by atoms with van der Waals surface area (Å²) in [6.45, 7) is 5.80. The van der Waals surface area contributed by atoms with E-state index >= 15 is 0 Å². The largest absolute Gasteiger partial charge is 0.419 e. The summed E-state index contributed by atoms with van der Waals surface area (Å²) in [4.78, 5) is 11.9. The van der Waals surface area contributed by atoms with Crippen molar-refractivity contribution in [3.05, 3.63) is 35.6 Å². The lowest BCUT2D eigenvalue weighted by atomic mass is 10.2. The van der Waals surface area contributed by atoms with Gasteiger partial charge in [-0.25, -0.2) is 4.98 Å². The van der Waals surface area contributed by atoms with Crippen LogP contribution < -0.4 is 4.90 Å². The van der Waals surface area contributed by atoms with Crippen LogP contribution in [0.1, 0.15) is 30.2 Å². The molecule has 3 rings (SSSR count). The number of hydrogen-bond donors (Lipinski definition) is 0. The molecule has 0 N–H and O–H groups in total. The SMILES string of the molecule is Cc1noc(C(C)N2CCN(c3ncccc3C(F)(F)F)CC2)n1. The lowest BCUT2D eigenvalue weighted by molar-refractivity contribution is -0.137. The minimum absolute atomic E-state index is 0.00839. The van der Waals surface area contributed by atoms with Crippen LogP contribution in [0, 0.1) is 6.92 Å². The summed E-state index contributed by atoms with van der Waals surface area (Å²) >= 11 is 0. The molecular formula is C15H18F3N5O. The van der Waals surface area contributed by atoms with E-state index in [1.165, 1.54) is 12.3 Å². The molecule has 0 bridgehead atoms. The first kappa shape index (κ1) is 16.7. The molecule has 0 radical (unpaired) electrons. The van der Waals surface area contributed by atoms with Crippen molar-refractivity contribution in [3.8, 4) is 0 Å². The number of hydrogen-bond acceptors (Lipinski definition) is 6. The number of halogens is 3. The predicted octanol–water partition coefficient (Wildman–Crippen LogP) is 2.68. The summed E-state index contributed by atoms with van der Waals surface area (Å²) in [7, 11) is 0. The fraction of sp³-hybridized carbons (Fsp3) is 0.533. The summed E-state index contributed by atoms with van der Waals surface area (Å²) in [5.41, 5.74) is -0.695. The Kier molecular flexibility index (Phi) is 4.44. The predicted molar refractivity (Wildman–Crippen MR) is 80.5 cm³/mol. The second-order valence-corrected chi connectivity index (χ2v) is 5.75. The van der Waals surface area contributed by atoms with E-state index in [9.17, 15) is 13.2 Å². The molecule has 3 heterocycles. The molecule has 9 heteroatoms. The van der Waals surface area contributed by atoms with E-state index < -0.39 is 11.7 Å². The molecular weight excluding hydrogens is 323 g/mol. The molecule has 130 valence electrons. The average Bonchev–Trinajstić information content (AvgIpc) is 3.00. The maximum atomic E-state index is 13.1. The van der Waals surface area contributed by atoms with E-state index in [-0.39, 0.29) is 11.9 Å². The van der Waals surface area contributed by atoms with Crippen molar-refractivity contribution in [2.45, 2.75) is 26.1 Å². The van der Waals surface area contributed by atoms with Gasteiger partial charge < -0.3 is 9.42 Å². The third-order valence-corrected chi connectivity index (χ3v) is 4.15. The highest BCUT2D eigenvalue weighted by Crippen LogP contribution is 2.35. The van der Waals surface area contributed by atoms with Gasteiger partial charge in [-0.1, -0.05) is 5.16 Å². The van der Waals surface area contributed by atoms with Gasteiger partial charge in [0.25, 0.3) is 0 Å². The molecule has 1 aliphatic heterocycles. The Labute approximate surface area is 137 Å². The standard InChI is InChI=1S/C15H18F3N5O/c1-10(14-20-11(2)21-24-14)22-6-8-23(9-7-22)13-12(15(16,17)18)4-3-5-19-13/h3-5,10H,6-9H2,1-2H3. The number of aryl methyl sites for hydroxylation is 1. The van der Waals surface area contributed by atoms with Gasteiger partial charge in [-0.15, -0.1) is 0 Å². The maximum Gasteiger partial charge on any atom is 0.419 e. The molecule has 2 aromatic rings. The van der Waals surface area contributed by atoms with Gasteiger partial charge in [0.1, 0.15) is 5.82 Å². The monoisotopic (exact) mass is 341 g/mol. The Hall–Kier alpha value is -2.16. The Morgan fingerprint density at radius 3 is 2.50 bits per heavy atom. The molecule has 0 aromatic carbocycles. The normalized spacial score (nSPS) is 18.0. The van der Waals surface area contributed by atoms with Crippen LogP contribution in [-0.4, -0.2) is 46.2 Å². The molecule has 24 heavy (non-hydrogen) atoms. The van der Waals surface area contributed by atoms with Crippen LogP contribution in [0.5, 0.6) is 0 Å². The summed E-state index contributed by atoms with van der Waals surface area (Å²) < 4.78 is 44.6. The van der Waals surface area contributed by atoms with Crippen LogP contribution >= 0.6 is 0 Å². The summed E-state index contributed by atoms with van der Waals surface area (Å²) in [5, 5.41) is 3.78. The number of alkyl halides is 3. The fourth-order valence-corrected chi connectivity index (χ4v) is 2.83. The van der Waals surface area contributed by atoms with Crippen molar-refractivity contribution in [2.75, 3.05) is 31.1 Å². The topological polar surface area (TPSA) is 58.3 Å². The Balaban J connectivity index is 1.70. The van der Waals surface area contributed by atoms with Crippen molar-refractivity contribution in [2.24, 2.45) is 0 Å². The third kappa shape index (κ3) is 3.35. The molecule has 1 fully saturated rings.